The van der Waals surface area contributed by atoms with Gasteiger partial charge in [-0.2, -0.15) is 5.48 Å². The highest BCUT2D eigenvalue weighted by Crippen LogP contribution is 2.42. The number of fused-ring (bicyclic) bond motifs is 1. The van der Waals surface area contributed by atoms with Crippen molar-refractivity contribution < 1.29 is 38.5 Å². The highest BCUT2D eigenvalue weighted by molar-refractivity contribution is 5.77. The van der Waals surface area contributed by atoms with Crippen LogP contribution >= 0.6 is 0 Å². The molecular weight excluding hydrogens is 480 g/mol. The Morgan fingerprint density at radius 1 is 1.25 bits per heavy atom. The molecule has 0 radical (unpaired) electrons. The van der Waals surface area contributed by atoms with E-state index in [4.69, 9.17) is 23.8 Å². The zero-order valence-electron chi connectivity index (χ0n) is 20.6. The molecule has 0 spiro atoms. The number of carbonyl (C=O) groups is 2. The van der Waals surface area contributed by atoms with Crippen molar-refractivity contribution in [3.8, 4) is 11.8 Å². The molecule has 14 nitrogen and oxygen atoms in total. The lowest BCUT2D eigenvalue weighted by Gasteiger charge is -2.24. The van der Waals surface area contributed by atoms with Crippen molar-refractivity contribution in [2.24, 2.45) is 0 Å². The zero-order chi connectivity index (χ0) is 26.7. The first-order valence-electron chi connectivity index (χ1n) is 11.1. The summed E-state index contributed by atoms with van der Waals surface area (Å²) < 4.78 is 23.5. The molecule has 2 fully saturated rings. The number of aromatic nitrogens is 2. The second-order valence-electron chi connectivity index (χ2n) is 9.49. The summed E-state index contributed by atoms with van der Waals surface area (Å²) in [6.07, 6.45) is -2.61. The molecule has 198 valence electrons. The van der Waals surface area contributed by atoms with Gasteiger partial charge in [-0.1, -0.05) is 11.8 Å². The van der Waals surface area contributed by atoms with E-state index in [1.54, 1.807) is 34.6 Å². The second kappa shape index (κ2) is 10.8. The molecule has 2 amide bonds. The maximum absolute atomic E-state index is 12.5. The highest BCUT2D eigenvalue weighted by Gasteiger charge is 2.55. The van der Waals surface area contributed by atoms with Crippen molar-refractivity contribution in [1.82, 2.24) is 20.3 Å². The fourth-order valence-corrected chi connectivity index (χ4v) is 3.59. The van der Waals surface area contributed by atoms with Crippen LogP contribution in [0.25, 0.3) is 0 Å². The smallest absolute Gasteiger partial charge is 0.431 e. The first-order chi connectivity index (χ1) is 16.8. The van der Waals surface area contributed by atoms with E-state index in [2.05, 4.69) is 22.1 Å². The van der Waals surface area contributed by atoms with Crippen LogP contribution in [0.3, 0.4) is 0 Å². The van der Waals surface area contributed by atoms with Gasteiger partial charge in [-0.3, -0.25) is 24.0 Å². The van der Waals surface area contributed by atoms with Crippen LogP contribution in [0.5, 0.6) is 0 Å². The molecule has 4 unspecified atom stereocenters. The minimum atomic E-state index is -0.965. The Kier molecular flexibility index (Phi) is 8.22. The fraction of sp³-hybridized carbons (Fsp3) is 0.636. The number of aliphatic hydroxyl groups is 1. The van der Waals surface area contributed by atoms with Crippen LogP contribution < -0.4 is 22.0 Å². The lowest BCUT2D eigenvalue weighted by molar-refractivity contribution is -0.200. The van der Waals surface area contributed by atoms with Gasteiger partial charge in [0.15, 0.2) is 18.6 Å². The average Bonchev–Trinajstić information content (AvgIpc) is 3.24. The number of nitrogens with zero attached hydrogens (tertiary/aromatic N) is 1. The minimum absolute atomic E-state index is 0.0579. The Bertz CT molecular complexity index is 1160. The lowest BCUT2D eigenvalue weighted by atomic mass is 10.1. The molecule has 4 atom stereocenters. The SMILES string of the molecule is CC(C)(C)OC(=O)NOCC(=O)NCC#Cc1cn(C2OC(CO)C3OC(C)(C)OC32)c(=O)[nH]c1=O. The number of hydroxylamine groups is 1. The third-order valence-corrected chi connectivity index (χ3v) is 4.90. The molecule has 14 heteroatoms. The normalized spacial score (nSPS) is 24.4. The second-order valence-corrected chi connectivity index (χ2v) is 9.49. The molecule has 1 aromatic rings. The first-order valence-corrected chi connectivity index (χ1v) is 11.1. The minimum Gasteiger partial charge on any atom is -0.442 e. The Balaban J connectivity index is 1.60. The molecule has 2 saturated heterocycles. The quantitative estimate of drug-likeness (QED) is 0.270. The molecule has 0 saturated carbocycles. The number of hydrogen-bond acceptors (Lipinski definition) is 10. The van der Waals surface area contributed by atoms with Crippen LogP contribution in [0.2, 0.25) is 0 Å². The van der Waals surface area contributed by atoms with Gasteiger partial charge in [0.1, 0.15) is 29.5 Å². The van der Waals surface area contributed by atoms with Crippen LogP contribution in [0.1, 0.15) is 46.4 Å². The van der Waals surface area contributed by atoms with Gasteiger partial charge in [0.25, 0.3) is 5.56 Å². The van der Waals surface area contributed by atoms with E-state index in [-0.39, 0.29) is 18.7 Å². The summed E-state index contributed by atoms with van der Waals surface area (Å²) in [6.45, 7) is 7.46. The highest BCUT2D eigenvalue weighted by atomic mass is 16.8. The van der Waals surface area contributed by atoms with Crippen molar-refractivity contribution in [3.63, 3.8) is 0 Å². The number of amides is 2. The van der Waals surface area contributed by atoms with E-state index in [0.29, 0.717) is 0 Å². The van der Waals surface area contributed by atoms with Crippen LogP contribution in [-0.4, -0.2) is 76.1 Å². The molecule has 2 aliphatic heterocycles. The van der Waals surface area contributed by atoms with E-state index in [1.165, 1.54) is 6.20 Å². The Labute approximate surface area is 206 Å². The number of carbonyl (C=O) groups excluding carboxylic acids is 2. The van der Waals surface area contributed by atoms with Crippen LogP contribution in [0, 0.1) is 11.8 Å². The van der Waals surface area contributed by atoms with Crippen molar-refractivity contribution in [2.45, 2.75) is 70.5 Å². The predicted octanol–water partition coefficient (Wildman–Crippen LogP) is -1.13. The number of hydrogen-bond donors (Lipinski definition) is 4. The molecule has 36 heavy (non-hydrogen) atoms. The number of ether oxygens (including phenoxy) is 4. The molecule has 4 N–H and O–H groups in total. The number of H-pyrrole nitrogens is 1. The number of nitrogens with one attached hydrogen (secondary N) is 3. The third kappa shape index (κ3) is 6.93. The van der Waals surface area contributed by atoms with Gasteiger partial charge in [-0.25, -0.2) is 9.59 Å². The maximum atomic E-state index is 12.5. The maximum Gasteiger partial charge on any atom is 0.431 e. The van der Waals surface area contributed by atoms with E-state index in [9.17, 15) is 24.3 Å². The molecular formula is C22H30N4O10. The molecule has 3 heterocycles. The molecule has 1 aromatic heterocycles. The fourth-order valence-electron chi connectivity index (χ4n) is 3.59. The Morgan fingerprint density at radius 3 is 2.61 bits per heavy atom. The van der Waals surface area contributed by atoms with Crippen molar-refractivity contribution in [1.29, 1.82) is 0 Å². The standard InChI is InChI=1S/C22H30N4O10/c1-21(2,3)36-20(31)25-32-11-14(28)23-8-6-7-12-9-26(19(30)24-17(12)29)18-16-15(13(10-27)33-18)34-22(4,5)35-16/h9,13,15-16,18,27H,8,10-11H2,1-5H3,(H,23,28)(H,25,31)(H,24,29,30). The summed E-state index contributed by atoms with van der Waals surface area (Å²) in [7, 11) is 0. The third-order valence-electron chi connectivity index (χ3n) is 4.90. The summed E-state index contributed by atoms with van der Waals surface area (Å²) >= 11 is 0. The Hall–Kier alpha value is -3.22. The Morgan fingerprint density at radius 2 is 1.94 bits per heavy atom. The van der Waals surface area contributed by atoms with Gasteiger partial charge in [0, 0.05) is 6.20 Å². The van der Waals surface area contributed by atoms with E-state index in [0.717, 1.165) is 4.57 Å². The van der Waals surface area contributed by atoms with Gasteiger partial charge in [-0.15, -0.1) is 0 Å². The molecule has 2 aliphatic rings. The van der Waals surface area contributed by atoms with E-state index in [1.807, 2.05) is 5.48 Å². The first kappa shape index (κ1) is 27.4. The van der Waals surface area contributed by atoms with Crippen LogP contribution in [0.15, 0.2) is 15.8 Å². The summed E-state index contributed by atoms with van der Waals surface area (Å²) in [5.74, 6) is 3.66. The van der Waals surface area contributed by atoms with Gasteiger partial charge in [-0.05, 0) is 34.6 Å². The summed E-state index contributed by atoms with van der Waals surface area (Å²) in [5.41, 5.74) is -0.267. The number of aliphatic hydroxyl groups excluding tert-OH is 1. The average molecular weight is 511 g/mol. The summed E-state index contributed by atoms with van der Waals surface area (Å²) in [4.78, 5) is 54.9. The zero-order valence-corrected chi connectivity index (χ0v) is 20.6. The summed E-state index contributed by atoms with van der Waals surface area (Å²) in [6, 6.07) is 0. The van der Waals surface area contributed by atoms with Crippen LogP contribution in [0.4, 0.5) is 4.79 Å². The van der Waals surface area contributed by atoms with Gasteiger partial charge in [0.2, 0.25) is 5.91 Å². The monoisotopic (exact) mass is 510 g/mol. The van der Waals surface area contributed by atoms with Crippen molar-refractivity contribution in [3.05, 3.63) is 32.6 Å². The largest absolute Gasteiger partial charge is 0.442 e. The van der Waals surface area contributed by atoms with E-state index < -0.39 is 65.8 Å². The summed E-state index contributed by atoms with van der Waals surface area (Å²) in [5, 5.41) is 12.1. The van der Waals surface area contributed by atoms with Gasteiger partial charge >= 0.3 is 11.8 Å². The molecule has 0 bridgehead atoms. The van der Waals surface area contributed by atoms with Crippen LogP contribution in [-0.2, 0) is 28.6 Å². The molecule has 0 aliphatic carbocycles. The van der Waals surface area contributed by atoms with Gasteiger partial charge < -0.3 is 29.4 Å². The van der Waals surface area contributed by atoms with E-state index >= 15 is 0 Å². The molecule has 0 aromatic carbocycles. The number of rotatable bonds is 6. The molecule has 3 rings (SSSR count). The van der Waals surface area contributed by atoms with Crippen molar-refractivity contribution >= 4 is 12.0 Å². The number of aromatic amines is 1. The van der Waals surface area contributed by atoms with Crippen molar-refractivity contribution in [2.75, 3.05) is 19.8 Å². The topological polar surface area (TPSA) is 179 Å². The van der Waals surface area contributed by atoms with Gasteiger partial charge in [0.05, 0.1) is 13.2 Å². The predicted molar refractivity (Wildman–Crippen MR) is 121 cm³/mol. The lowest BCUT2D eigenvalue weighted by Crippen LogP contribution is -2.38.